The molecule has 1 fully saturated rings. The summed E-state index contributed by atoms with van der Waals surface area (Å²) < 4.78 is 33.5. The highest BCUT2D eigenvalue weighted by Crippen LogP contribution is 2.37. The van der Waals surface area contributed by atoms with E-state index in [0.717, 1.165) is 29.7 Å². The molecule has 1 N–H and O–H groups in total. The van der Waals surface area contributed by atoms with Gasteiger partial charge in [0, 0.05) is 23.7 Å². The largest absolute Gasteiger partial charge is 0.338 e. The van der Waals surface area contributed by atoms with Crippen LogP contribution < -0.4 is 9.62 Å². The number of amides is 1. The quantitative estimate of drug-likeness (QED) is 0.575. The molecule has 0 saturated heterocycles. The van der Waals surface area contributed by atoms with Gasteiger partial charge in [-0.3, -0.25) is 4.79 Å². The van der Waals surface area contributed by atoms with E-state index in [9.17, 15) is 13.2 Å². The van der Waals surface area contributed by atoms with Crippen LogP contribution in [-0.2, 0) is 33.2 Å². The Labute approximate surface area is 199 Å². The first kappa shape index (κ1) is 22.7. The van der Waals surface area contributed by atoms with Gasteiger partial charge in [-0.15, -0.1) is 0 Å². The Balaban J connectivity index is 1.26. The van der Waals surface area contributed by atoms with Crippen molar-refractivity contribution >= 4 is 21.6 Å². The highest BCUT2D eigenvalue weighted by Gasteiger charge is 2.36. The molecule has 2 aromatic carbocycles. The van der Waals surface area contributed by atoms with Crippen LogP contribution in [0.1, 0.15) is 50.6 Å². The molecule has 1 aliphatic heterocycles. The number of benzene rings is 2. The normalized spacial score (nSPS) is 16.0. The molecular formula is C25H28N4O4S. The number of nitrogens with one attached hydrogen (secondary N) is 1. The highest BCUT2D eigenvalue weighted by molar-refractivity contribution is 7.89. The molecule has 0 atom stereocenters. The molecule has 9 heteroatoms. The molecule has 0 unspecified atom stereocenters. The monoisotopic (exact) mass is 480 g/mol. The summed E-state index contributed by atoms with van der Waals surface area (Å²) in [6, 6.07) is 12.8. The van der Waals surface area contributed by atoms with E-state index in [1.807, 2.05) is 24.3 Å². The Morgan fingerprint density at radius 3 is 2.56 bits per heavy atom. The third-order valence-corrected chi connectivity index (χ3v) is 7.74. The van der Waals surface area contributed by atoms with Crippen molar-refractivity contribution in [3.05, 3.63) is 59.5 Å². The zero-order chi connectivity index (χ0) is 24.1. The smallest absolute Gasteiger partial charge is 0.242 e. The summed E-state index contributed by atoms with van der Waals surface area (Å²) in [5, 5.41) is 3.98. The molecule has 1 aromatic heterocycles. The van der Waals surface area contributed by atoms with E-state index in [1.165, 1.54) is 11.6 Å². The number of sulfonamides is 1. The Bertz CT molecular complexity index is 1340. The summed E-state index contributed by atoms with van der Waals surface area (Å²) in [6.45, 7) is 6.92. The third-order valence-electron chi connectivity index (χ3n) is 6.34. The van der Waals surface area contributed by atoms with E-state index in [2.05, 4.69) is 35.6 Å². The van der Waals surface area contributed by atoms with Gasteiger partial charge in [-0.05, 0) is 54.0 Å². The second kappa shape index (κ2) is 8.32. The summed E-state index contributed by atoms with van der Waals surface area (Å²) in [5.74, 6) is 0.868. The number of rotatable bonds is 6. The fourth-order valence-electron chi connectivity index (χ4n) is 4.13. The van der Waals surface area contributed by atoms with Gasteiger partial charge in [0.25, 0.3) is 0 Å². The van der Waals surface area contributed by atoms with Crippen molar-refractivity contribution in [1.82, 2.24) is 14.9 Å². The fraction of sp³-hybridized carbons (Fsp3) is 0.400. The lowest BCUT2D eigenvalue weighted by atomic mass is 9.87. The maximum Gasteiger partial charge on any atom is 0.242 e. The lowest BCUT2D eigenvalue weighted by Gasteiger charge is -2.18. The van der Waals surface area contributed by atoms with Crippen molar-refractivity contribution in [2.45, 2.75) is 56.9 Å². The second-order valence-corrected chi connectivity index (χ2v) is 11.7. The summed E-state index contributed by atoms with van der Waals surface area (Å²) in [6.07, 6.45) is 2.54. The zero-order valence-corrected chi connectivity index (χ0v) is 20.4. The van der Waals surface area contributed by atoms with Crippen molar-refractivity contribution in [3.63, 3.8) is 0 Å². The molecule has 1 aliphatic carbocycles. The lowest BCUT2D eigenvalue weighted by molar-refractivity contribution is -0.119. The number of carbonyl (C=O) groups is 1. The Kier molecular flexibility index (Phi) is 5.56. The fourth-order valence-corrected chi connectivity index (χ4v) is 5.15. The molecule has 2 aliphatic rings. The number of hydrogen-bond acceptors (Lipinski definition) is 6. The first-order chi connectivity index (χ1) is 16.1. The van der Waals surface area contributed by atoms with Crippen molar-refractivity contribution in [1.29, 1.82) is 0 Å². The van der Waals surface area contributed by atoms with Crippen molar-refractivity contribution in [3.8, 4) is 11.4 Å². The van der Waals surface area contributed by atoms with Gasteiger partial charge >= 0.3 is 0 Å². The average molecular weight is 481 g/mol. The van der Waals surface area contributed by atoms with Crippen molar-refractivity contribution in [2.75, 3.05) is 11.4 Å². The van der Waals surface area contributed by atoms with Gasteiger partial charge in [-0.25, -0.2) is 13.1 Å². The Morgan fingerprint density at radius 1 is 1.15 bits per heavy atom. The Hall–Kier alpha value is -3.04. The Morgan fingerprint density at radius 2 is 1.88 bits per heavy atom. The number of nitrogens with zero attached hydrogens (tertiary/aromatic N) is 3. The molecule has 0 spiro atoms. The van der Waals surface area contributed by atoms with E-state index < -0.39 is 10.0 Å². The summed E-state index contributed by atoms with van der Waals surface area (Å²) in [7, 11) is -3.78. The molecule has 34 heavy (non-hydrogen) atoms. The molecule has 0 bridgehead atoms. The van der Waals surface area contributed by atoms with Crippen LogP contribution in [0.4, 0.5) is 5.69 Å². The van der Waals surface area contributed by atoms with Gasteiger partial charge in [0.2, 0.25) is 27.6 Å². The van der Waals surface area contributed by atoms with Crippen LogP contribution in [0.15, 0.2) is 51.9 Å². The first-order valence-electron chi connectivity index (χ1n) is 11.5. The maximum absolute atomic E-state index is 12.9. The number of anilines is 1. The van der Waals surface area contributed by atoms with Crippen LogP contribution >= 0.6 is 0 Å². The van der Waals surface area contributed by atoms with E-state index in [-0.39, 0.29) is 34.6 Å². The average Bonchev–Trinajstić information content (AvgIpc) is 3.40. The predicted octanol–water partition coefficient (Wildman–Crippen LogP) is 3.81. The standard InChI is InChI=1S/C25H28N4O4S/c1-25(2,3)19-8-6-16(7-9-19)23-27-22(33-28-23)15-26-34(31,32)20-10-11-21-18(14-20)12-13-29(21)24(30)17-4-5-17/h6-11,14,17,26H,4-5,12-13,15H2,1-3H3. The summed E-state index contributed by atoms with van der Waals surface area (Å²) in [5.41, 5.74) is 3.73. The predicted molar refractivity (Wildman–Crippen MR) is 128 cm³/mol. The number of carbonyl (C=O) groups excluding carboxylic acids is 1. The summed E-state index contributed by atoms with van der Waals surface area (Å²) >= 11 is 0. The van der Waals surface area contributed by atoms with Crippen LogP contribution in [0, 0.1) is 5.92 Å². The van der Waals surface area contributed by atoms with E-state index in [0.29, 0.717) is 18.8 Å². The first-order valence-corrected chi connectivity index (χ1v) is 13.0. The minimum Gasteiger partial charge on any atom is -0.338 e. The van der Waals surface area contributed by atoms with Gasteiger partial charge in [-0.1, -0.05) is 50.2 Å². The molecule has 2 heterocycles. The molecular weight excluding hydrogens is 452 g/mol. The third kappa shape index (κ3) is 4.50. The molecule has 0 radical (unpaired) electrons. The minimum atomic E-state index is -3.78. The lowest BCUT2D eigenvalue weighted by Crippen LogP contribution is -2.30. The summed E-state index contributed by atoms with van der Waals surface area (Å²) in [4.78, 5) is 18.7. The number of aromatic nitrogens is 2. The van der Waals surface area contributed by atoms with E-state index in [4.69, 9.17) is 4.52 Å². The van der Waals surface area contributed by atoms with Gasteiger partial charge in [0.15, 0.2) is 0 Å². The van der Waals surface area contributed by atoms with E-state index >= 15 is 0 Å². The minimum absolute atomic E-state index is 0.0435. The molecule has 1 saturated carbocycles. The van der Waals surface area contributed by atoms with Gasteiger partial charge in [-0.2, -0.15) is 4.98 Å². The van der Waals surface area contributed by atoms with Gasteiger partial charge in [0.05, 0.1) is 11.4 Å². The molecule has 3 aromatic rings. The van der Waals surface area contributed by atoms with Gasteiger partial charge < -0.3 is 9.42 Å². The molecule has 5 rings (SSSR count). The van der Waals surface area contributed by atoms with Crippen LogP contribution in [-0.4, -0.2) is 31.0 Å². The number of fused-ring (bicyclic) bond motifs is 1. The molecule has 8 nitrogen and oxygen atoms in total. The van der Waals surface area contributed by atoms with Crippen LogP contribution in [0.5, 0.6) is 0 Å². The van der Waals surface area contributed by atoms with Crippen molar-refractivity contribution < 1.29 is 17.7 Å². The molecule has 1 amide bonds. The highest BCUT2D eigenvalue weighted by atomic mass is 32.2. The molecule has 178 valence electrons. The van der Waals surface area contributed by atoms with Crippen LogP contribution in [0.2, 0.25) is 0 Å². The van der Waals surface area contributed by atoms with Gasteiger partial charge in [0.1, 0.15) is 0 Å². The maximum atomic E-state index is 12.9. The SMILES string of the molecule is CC(C)(C)c1ccc(-c2noc(CNS(=O)(=O)c3ccc4c(c3)CCN4C(=O)C3CC3)n2)cc1. The van der Waals surface area contributed by atoms with Crippen LogP contribution in [0.3, 0.4) is 0 Å². The van der Waals surface area contributed by atoms with E-state index in [1.54, 1.807) is 17.0 Å². The zero-order valence-electron chi connectivity index (χ0n) is 19.5. The second-order valence-electron chi connectivity index (χ2n) is 9.97. The number of hydrogen-bond donors (Lipinski definition) is 1. The van der Waals surface area contributed by atoms with Crippen molar-refractivity contribution in [2.24, 2.45) is 5.92 Å². The topological polar surface area (TPSA) is 105 Å². The van der Waals surface area contributed by atoms with Crippen LogP contribution in [0.25, 0.3) is 11.4 Å².